The molecule has 4 aromatic heterocycles. The normalized spacial score (nSPS) is 18.8. The standard InChI is InChI=1S/C48H61FN8O7S/c1-5-31(2)46(59)51-44(33-9-7-6-8-10-33)48(61)55-20-21-56(32(3)28-55)47(60)40-26-34-25-35(49)11-12-39(34)57(40)30-43(58)53(4)22-23-62-42-27-37(64-52-42)29-54-18-14-36(15-19-54)63-41-13-17-50-38-16-24-65-45(38)41/h11-13,16-17,24-27,31-33,36,44H,5-10,14-15,18-23,28-30H2,1-4H3,(H,51,59)/t31-,32+,44+/m1/s1. The van der Waals surface area contributed by atoms with E-state index in [2.05, 4.69) is 20.4 Å². The summed E-state index contributed by atoms with van der Waals surface area (Å²) >= 11 is 1.64. The van der Waals surface area contributed by atoms with Crippen molar-refractivity contribution in [2.24, 2.45) is 11.8 Å². The molecule has 6 heterocycles. The fraction of sp³-hybridized carbons (Fsp3) is 0.542. The molecule has 1 saturated carbocycles. The molecule has 15 nitrogen and oxygen atoms in total. The van der Waals surface area contributed by atoms with Crippen LogP contribution in [-0.4, -0.2) is 129 Å². The topological polar surface area (TPSA) is 156 Å². The number of pyridine rings is 1. The molecule has 5 aromatic rings. The van der Waals surface area contributed by atoms with Gasteiger partial charge in [0.05, 0.1) is 23.3 Å². The van der Waals surface area contributed by atoms with E-state index in [9.17, 15) is 23.6 Å². The number of piperazine rings is 1. The molecule has 4 amide bonds. The highest BCUT2D eigenvalue weighted by Crippen LogP contribution is 2.32. The van der Waals surface area contributed by atoms with Crippen LogP contribution in [0.5, 0.6) is 11.6 Å². The number of fused-ring (bicyclic) bond motifs is 2. The Hall–Kier alpha value is -5.55. The fourth-order valence-corrected chi connectivity index (χ4v) is 10.2. The van der Waals surface area contributed by atoms with Gasteiger partial charge in [-0.05, 0) is 91.9 Å². The van der Waals surface area contributed by atoms with Crippen molar-refractivity contribution in [3.8, 4) is 11.6 Å². The summed E-state index contributed by atoms with van der Waals surface area (Å²) in [5, 5.41) is 9.73. The van der Waals surface area contributed by atoms with Crippen LogP contribution >= 0.6 is 11.3 Å². The van der Waals surface area contributed by atoms with E-state index in [4.69, 9.17) is 14.0 Å². The molecule has 1 N–H and O–H groups in total. The molecular formula is C48H61FN8O7S. The molecule has 348 valence electrons. The molecule has 0 bridgehead atoms. The summed E-state index contributed by atoms with van der Waals surface area (Å²) < 4.78 is 35.0. The second-order valence-corrected chi connectivity index (χ2v) is 18.9. The maximum absolute atomic E-state index is 14.5. The van der Waals surface area contributed by atoms with Crippen LogP contribution in [0.3, 0.4) is 0 Å². The molecule has 0 spiro atoms. The van der Waals surface area contributed by atoms with Crippen molar-refractivity contribution in [1.29, 1.82) is 0 Å². The Labute approximate surface area is 383 Å². The number of hydrogen-bond donors (Lipinski definition) is 1. The summed E-state index contributed by atoms with van der Waals surface area (Å²) in [6.45, 7) is 9.17. The maximum Gasteiger partial charge on any atom is 0.270 e. The minimum atomic E-state index is -0.595. The average Bonchev–Trinajstić information content (AvgIpc) is 4.07. The SMILES string of the molecule is CC[C@@H](C)C(=O)N[C@H](C(=O)N1CCN(C(=O)c2cc3cc(F)ccc3n2CC(=O)N(C)CCOc2cc(CN3CCC(Oc4ccnc5ccsc45)CC3)on2)[C@@H](C)C1)C1CCCCC1. The number of ether oxygens (including phenoxy) is 2. The van der Waals surface area contributed by atoms with E-state index in [-0.39, 0.29) is 79.5 Å². The number of carbonyl (C=O) groups excluding carboxylic acids is 4. The summed E-state index contributed by atoms with van der Waals surface area (Å²) in [6.07, 6.45) is 9.36. The Morgan fingerprint density at radius 2 is 1.82 bits per heavy atom. The molecule has 3 aliphatic rings. The first kappa shape index (κ1) is 46.0. The number of likely N-dealkylation sites (tertiary alicyclic amines) is 1. The van der Waals surface area contributed by atoms with Crippen molar-refractivity contribution in [3.05, 3.63) is 71.3 Å². The first-order valence-electron chi connectivity index (χ1n) is 23.2. The summed E-state index contributed by atoms with van der Waals surface area (Å²) in [5.74, 6) is 0.562. The first-order valence-corrected chi connectivity index (χ1v) is 24.1. The highest BCUT2D eigenvalue weighted by Gasteiger charge is 2.39. The number of aromatic nitrogens is 3. The number of likely N-dealkylation sites (N-methyl/N-ethyl adjacent to an activating group) is 1. The van der Waals surface area contributed by atoms with Gasteiger partial charge in [-0.2, -0.15) is 0 Å². The zero-order valence-electron chi connectivity index (χ0n) is 37.9. The lowest BCUT2D eigenvalue weighted by molar-refractivity contribution is -0.141. The van der Waals surface area contributed by atoms with Gasteiger partial charge in [-0.1, -0.05) is 33.1 Å². The third-order valence-corrected chi connectivity index (χ3v) is 14.4. The van der Waals surface area contributed by atoms with Crippen LogP contribution < -0.4 is 14.8 Å². The van der Waals surface area contributed by atoms with Crippen molar-refractivity contribution in [3.63, 3.8) is 0 Å². The molecule has 2 aliphatic heterocycles. The van der Waals surface area contributed by atoms with Gasteiger partial charge in [0.2, 0.25) is 17.7 Å². The Balaban J connectivity index is 0.838. The van der Waals surface area contributed by atoms with Crippen LogP contribution in [0.4, 0.5) is 4.39 Å². The van der Waals surface area contributed by atoms with Gasteiger partial charge in [0.1, 0.15) is 42.6 Å². The zero-order valence-corrected chi connectivity index (χ0v) is 38.7. The average molecular weight is 913 g/mol. The van der Waals surface area contributed by atoms with E-state index >= 15 is 0 Å². The maximum atomic E-state index is 14.5. The summed E-state index contributed by atoms with van der Waals surface area (Å²) in [4.78, 5) is 67.1. The third-order valence-electron chi connectivity index (χ3n) is 13.5. The number of thiophene rings is 1. The molecule has 8 rings (SSSR count). The van der Waals surface area contributed by atoms with Crippen molar-refractivity contribution in [2.45, 2.75) is 103 Å². The Bertz CT molecular complexity index is 2460. The van der Waals surface area contributed by atoms with Crippen LogP contribution in [0.2, 0.25) is 0 Å². The van der Waals surface area contributed by atoms with Crippen molar-refractivity contribution in [1.82, 2.24) is 39.6 Å². The van der Waals surface area contributed by atoms with Crippen molar-refractivity contribution < 1.29 is 37.6 Å². The monoisotopic (exact) mass is 912 g/mol. The lowest BCUT2D eigenvalue weighted by Crippen LogP contribution is -2.60. The molecular weight excluding hydrogens is 852 g/mol. The van der Waals surface area contributed by atoms with Gasteiger partial charge >= 0.3 is 0 Å². The van der Waals surface area contributed by atoms with Gasteiger partial charge < -0.3 is 38.6 Å². The van der Waals surface area contributed by atoms with Crippen molar-refractivity contribution >= 4 is 56.1 Å². The number of rotatable bonds is 16. The summed E-state index contributed by atoms with van der Waals surface area (Å²) in [7, 11) is 1.67. The number of carbonyl (C=O) groups is 4. The second-order valence-electron chi connectivity index (χ2n) is 18.0. The number of piperidine rings is 1. The predicted octanol–water partition coefficient (Wildman–Crippen LogP) is 6.74. The van der Waals surface area contributed by atoms with E-state index in [0.717, 1.165) is 74.0 Å². The predicted molar refractivity (Wildman–Crippen MR) is 245 cm³/mol. The number of amides is 4. The quantitative estimate of drug-likeness (QED) is 0.113. The molecule has 3 fully saturated rings. The largest absolute Gasteiger partial charge is 0.489 e. The first-order chi connectivity index (χ1) is 31.4. The van der Waals surface area contributed by atoms with Crippen LogP contribution in [0.15, 0.2) is 58.6 Å². The van der Waals surface area contributed by atoms with E-state index in [0.29, 0.717) is 48.6 Å². The van der Waals surface area contributed by atoms with Gasteiger partial charge in [0, 0.05) is 74.9 Å². The van der Waals surface area contributed by atoms with Gasteiger partial charge in [-0.25, -0.2) is 4.39 Å². The Morgan fingerprint density at radius 3 is 2.58 bits per heavy atom. The fourth-order valence-electron chi connectivity index (χ4n) is 9.35. The van der Waals surface area contributed by atoms with E-state index in [1.165, 1.54) is 17.0 Å². The summed E-state index contributed by atoms with van der Waals surface area (Å²) in [6, 6.07) is 10.7. The molecule has 0 radical (unpaired) electrons. The minimum Gasteiger partial charge on any atom is -0.489 e. The lowest BCUT2D eigenvalue weighted by atomic mass is 9.83. The van der Waals surface area contributed by atoms with Crippen molar-refractivity contribution in [2.75, 3.05) is 52.9 Å². The highest BCUT2D eigenvalue weighted by molar-refractivity contribution is 7.17. The summed E-state index contributed by atoms with van der Waals surface area (Å²) in [5.41, 5.74) is 1.77. The molecule has 2 saturated heterocycles. The highest BCUT2D eigenvalue weighted by atomic mass is 32.1. The molecule has 17 heteroatoms. The van der Waals surface area contributed by atoms with Gasteiger partial charge in [-0.15, -0.1) is 11.3 Å². The van der Waals surface area contributed by atoms with E-state index < -0.39 is 11.9 Å². The van der Waals surface area contributed by atoms with Crippen LogP contribution in [-0.2, 0) is 27.5 Å². The van der Waals surface area contributed by atoms with Crippen LogP contribution in [0, 0.1) is 17.7 Å². The Morgan fingerprint density at radius 1 is 1.02 bits per heavy atom. The minimum absolute atomic E-state index is 0.0793. The smallest absolute Gasteiger partial charge is 0.270 e. The number of nitrogens with zero attached hydrogens (tertiary/aromatic N) is 7. The number of benzene rings is 1. The van der Waals surface area contributed by atoms with Gasteiger partial charge in [-0.3, -0.25) is 29.1 Å². The number of halogens is 1. The lowest BCUT2D eigenvalue weighted by Gasteiger charge is -2.42. The van der Waals surface area contributed by atoms with Gasteiger partial charge in [0.25, 0.3) is 11.8 Å². The second kappa shape index (κ2) is 20.7. The number of nitrogens with one attached hydrogen (secondary N) is 1. The van der Waals surface area contributed by atoms with Gasteiger partial charge in [0.15, 0.2) is 5.76 Å². The number of hydrogen-bond acceptors (Lipinski definition) is 11. The van der Waals surface area contributed by atoms with Crippen LogP contribution in [0.1, 0.15) is 88.4 Å². The Kier molecular flexibility index (Phi) is 14.7. The molecule has 1 aromatic carbocycles. The van der Waals surface area contributed by atoms with E-state index in [1.54, 1.807) is 57.1 Å². The zero-order chi connectivity index (χ0) is 45.6. The molecule has 65 heavy (non-hydrogen) atoms. The molecule has 3 atom stereocenters. The van der Waals surface area contributed by atoms with Crippen LogP contribution in [0.25, 0.3) is 21.1 Å². The molecule has 0 unspecified atom stereocenters. The van der Waals surface area contributed by atoms with E-state index in [1.807, 2.05) is 38.3 Å². The molecule has 1 aliphatic carbocycles. The third kappa shape index (κ3) is 10.8.